The molecule has 3 aromatic heterocycles. The minimum atomic E-state index is 0.337. The first-order valence-corrected chi connectivity index (χ1v) is 6.77. The Bertz CT molecular complexity index is 779. The second-order valence-electron chi connectivity index (χ2n) is 4.31. The Morgan fingerprint density at radius 1 is 0.909 bits per heavy atom. The fraction of sp³-hybridized carbons (Fsp3) is 0. The molecule has 110 valence electrons. The Morgan fingerprint density at radius 3 is 2.36 bits per heavy atom. The van der Waals surface area contributed by atoms with Crippen molar-refractivity contribution in [3.8, 4) is 0 Å². The van der Waals surface area contributed by atoms with Crippen molar-refractivity contribution in [3.63, 3.8) is 0 Å². The molecule has 4 N–H and O–H groups in total. The summed E-state index contributed by atoms with van der Waals surface area (Å²) in [5.74, 6) is 0.935. The first-order valence-electron chi connectivity index (χ1n) is 6.39. The minimum absolute atomic E-state index is 0.337. The zero-order valence-corrected chi connectivity index (χ0v) is 12.1. The summed E-state index contributed by atoms with van der Waals surface area (Å²) in [6.07, 6.45) is 6.36. The van der Waals surface area contributed by atoms with E-state index in [9.17, 15) is 0 Å². The van der Waals surface area contributed by atoms with Crippen LogP contribution in [0.2, 0.25) is 5.15 Å². The van der Waals surface area contributed by atoms with Crippen molar-refractivity contribution in [1.82, 2.24) is 19.9 Å². The summed E-state index contributed by atoms with van der Waals surface area (Å²) in [6, 6.07) is 7.17. The molecule has 7 nitrogen and oxygen atoms in total. The van der Waals surface area contributed by atoms with Crippen LogP contribution in [0, 0.1) is 0 Å². The molecule has 0 fully saturated rings. The average Bonchev–Trinajstić information content (AvgIpc) is 2.54. The van der Waals surface area contributed by atoms with Gasteiger partial charge in [0.25, 0.3) is 0 Å². The van der Waals surface area contributed by atoms with Gasteiger partial charge >= 0.3 is 0 Å². The highest BCUT2D eigenvalue weighted by atomic mass is 35.5. The van der Waals surface area contributed by atoms with E-state index >= 15 is 0 Å². The second-order valence-corrected chi connectivity index (χ2v) is 4.67. The summed E-state index contributed by atoms with van der Waals surface area (Å²) < 4.78 is 0. The van der Waals surface area contributed by atoms with Crippen LogP contribution >= 0.6 is 11.6 Å². The molecule has 0 saturated carbocycles. The van der Waals surface area contributed by atoms with Crippen molar-refractivity contribution < 1.29 is 0 Å². The fourth-order valence-electron chi connectivity index (χ4n) is 1.77. The molecule has 0 aliphatic carbocycles. The van der Waals surface area contributed by atoms with E-state index in [1.165, 1.54) is 6.33 Å². The lowest BCUT2D eigenvalue weighted by atomic mass is 10.3. The van der Waals surface area contributed by atoms with Crippen LogP contribution in [0.25, 0.3) is 0 Å². The predicted octanol–water partition coefficient (Wildman–Crippen LogP) is 2.99. The number of halogens is 1. The predicted molar refractivity (Wildman–Crippen MR) is 86.5 cm³/mol. The van der Waals surface area contributed by atoms with Gasteiger partial charge in [0.2, 0.25) is 0 Å². The number of nitrogens with zero attached hydrogens (tertiary/aromatic N) is 4. The largest absolute Gasteiger partial charge is 0.393 e. The second kappa shape index (κ2) is 6.23. The Balaban J connectivity index is 1.88. The highest BCUT2D eigenvalue weighted by Crippen LogP contribution is 2.29. The minimum Gasteiger partial charge on any atom is -0.393 e. The zero-order valence-electron chi connectivity index (χ0n) is 11.4. The molecule has 0 radical (unpaired) electrons. The van der Waals surface area contributed by atoms with Crippen LogP contribution in [-0.4, -0.2) is 19.9 Å². The summed E-state index contributed by atoms with van der Waals surface area (Å²) >= 11 is 6.02. The summed E-state index contributed by atoms with van der Waals surface area (Å²) in [5, 5.41) is 6.49. The molecule has 3 rings (SSSR count). The van der Waals surface area contributed by atoms with Crippen LogP contribution in [0.1, 0.15) is 0 Å². The molecule has 0 aromatic carbocycles. The number of hydrogen-bond donors (Lipinski definition) is 3. The van der Waals surface area contributed by atoms with Crippen LogP contribution < -0.4 is 16.4 Å². The molecule has 0 bridgehead atoms. The maximum absolute atomic E-state index is 6.10. The first kappa shape index (κ1) is 14.0. The molecule has 22 heavy (non-hydrogen) atoms. The van der Waals surface area contributed by atoms with E-state index in [4.69, 9.17) is 17.3 Å². The monoisotopic (exact) mass is 313 g/mol. The number of anilines is 5. The van der Waals surface area contributed by atoms with Crippen molar-refractivity contribution in [2.24, 2.45) is 0 Å². The SMILES string of the molecule is Nc1c(Nc2ccncc2)ncnc1Nc1cccnc1Cl. The average molecular weight is 314 g/mol. The molecule has 3 aromatic rings. The van der Waals surface area contributed by atoms with E-state index in [1.807, 2.05) is 12.1 Å². The van der Waals surface area contributed by atoms with Crippen LogP contribution in [0.5, 0.6) is 0 Å². The lowest BCUT2D eigenvalue weighted by Gasteiger charge is -2.12. The Hall–Kier alpha value is -2.93. The summed E-state index contributed by atoms with van der Waals surface area (Å²) in [7, 11) is 0. The molecule has 0 aliphatic rings. The van der Waals surface area contributed by atoms with Crippen molar-refractivity contribution >= 4 is 40.3 Å². The van der Waals surface area contributed by atoms with Gasteiger partial charge in [-0.2, -0.15) is 0 Å². The number of aromatic nitrogens is 4. The van der Waals surface area contributed by atoms with Crippen LogP contribution in [0.4, 0.5) is 28.7 Å². The van der Waals surface area contributed by atoms with Crippen molar-refractivity contribution in [1.29, 1.82) is 0 Å². The molecule has 8 heteroatoms. The smallest absolute Gasteiger partial charge is 0.159 e. The molecule has 3 heterocycles. The highest BCUT2D eigenvalue weighted by Gasteiger charge is 2.10. The third-order valence-corrected chi connectivity index (χ3v) is 3.14. The third kappa shape index (κ3) is 3.04. The van der Waals surface area contributed by atoms with Gasteiger partial charge in [-0.05, 0) is 24.3 Å². The number of hydrogen-bond acceptors (Lipinski definition) is 7. The summed E-state index contributed by atoms with van der Waals surface area (Å²) in [6.45, 7) is 0. The van der Waals surface area contributed by atoms with Gasteiger partial charge in [0.1, 0.15) is 12.0 Å². The van der Waals surface area contributed by atoms with Crippen LogP contribution in [0.3, 0.4) is 0 Å². The highest BCUT2D eigenvalue weighted by molar-refractivity contribution is 6.32. The topological polar surface area (TPSA) is 102 Å². The van der Waals surface area contributed by atoms with E-state index in [0.29, 0.717) is 28.2 Å². The maximum Gasteiger partial charge on any atom is 0.159 e. The normalized spacial score (nSPS) is 10.2. The lowest BCUT2D eigenvalue weighted by molar-refractivity contribution is 1.17. The summed E-state index contributed by atoms with van der Waals surface area (Å²) in [4.78, 5) is 16.2. The maximum atomic E-state index is 6.10. The Kier molecular flexibility index (Phi) is 3.97. The molecule has 0 unspecified atom stereocenters. The van der Waals surface area contributed by atoms with E-state index in [0.717, 1.165) is 5.69 Å². The van der Waals surface area contributed by atoms with E-state index in [-0.39, 0.29) is 0 Å². The fourth-order valence-corrected chi connectivity index (χ4v) is 1.94. The number of nitrogens with two attached hydrogens (primary N) is 1. The van der Waals surface area contributed by atoms with E-state index in [2.05, 4.69) is 30.6 Å². The molecular weight excluding hydrogens is 302 g/mol. The quantitative estimate of drug-likeness (QED) is 0.636. The Labute approximate surface area is 131 Å². The standard InChI is InChI=1S/C14H12ClN7/c15-12-10(2-1-5-18-12)22-14-11(16)13(19-8-20-14)21-9-3-6-17-7-4-9/h1-8H,16H2,(H2,17,19,20,21,22). The number of nitrogen functional groups attached to an aromatic ring is 1. The van der Waals surface area contributed by atoms with Crippen molar-refractivity contribution in [2.75, 3.05) is 16.4 Å². The Morgan fingerprint density at radius 2 is 1.64 bits per heavy atom. The number of rotatable bonds is 4. The van der Waals surface area contributed by atoms with Crippen molar-refractivity contribution in [2.45, 2.75) is 0 Å². The van der Waals surface area contributed by atoms with Gasteiger partial charge in [-0.25, -0.2) is 15.0 Å². The van der Waals surface area contributed by atoms with Crippen LogP contribution in [0.15, 0.2) is 49.2 Å². The van der Waals surface area contributed by atoms with Crippen LogP contribution in [-0.2, 0) is 0 Å². The van der Waals surface area contributed by atoms with Crippen molar-refractivity contribution in [3.05, 3.63) is 54.3 Å². The molecular formula is C14H12ClN7. The summed E-state index contributed by atoms with van der Waals surface area (Å²) in [5.41, 5.74) is 7.91. The molecule has 0 amide bonds. The zero-order chi connectivity index (χ0) is 15.4. The first-order chi connectivity index (χ1) is 10.7. The van der Waals surface area contributed by atoms with Gasteiger partial charge in [-0.3, -0.25) is 4.98 Å². The van der Waals surface area contributed by atoms with Gasteiger partial charge < -0.3 is 16.4 Å². The molecule has 0 spiro atoms. The van der Waals surface area contributed by atoms with Gasteiger partial charge in [-0.1, -0.05) is 11.6 Å². The van der Waals surface area contributed by atoms with Gasteiger partial charge in [-0.15, -0.1) is 0 Å². The third-order valence-electron chi connectivity index (χ3n) is 2.84. The van der Waals surface area contributed by atoms with E-state index in [1.54, 1.807) is 30.7 Å². The molecule has 0 atom stereocenters. The van der Waals surface area contributed by atoms with Gasteiger partial charge in [0.05, 0.1) is 5.69 Å². The molecule has 0 aliphatic heterocycles. The van der Waals surface area contributed by atoms with Gasteiger partial charge in [0, 0.05) is 24.3 Å². The van der Waals surface area contributed by atoms with E-state index < -0.39 is 0 Å². The molecule has 0 saturated heterocycles. The lowest BCUT2D eigenvalue weighted by Crippen LogP contribution is -2.05. The number of pyridine rings is 2. The van der Waals surface area contributed by atoms with Gasteiger partial charge in [0.15, 0.2) is 16.8 Å². The number of nitrogens with one attached hydrogen (secondary N) is 2.